The minimum atomic E-state index is -3.41. The normalized spacial score (nSPS) is 17.3. The Kier molecular flexibility index (Phi) is 9.05. The number of nitrogens with zero attached hydrogens (tertiary/aromatic N) is 9. The monoisotopic (exact) mass is 609 g/mol. The highest BCUT2D eigenvalue weighted by Gasteiger charge is 2.32. The predicted octanol–water partition coefficient (Wildman–Crippen LogP) is 1.79. The first-order valence-electron chi connectivity index (χ1n) is 13.9. The summed E-state index contributed by atoms with van der Waals surface area (Å²) >= 11 is 0. The van der Waals surface area contributed by atoms with Gasteiger partial charge in [-0.05, 0) is 39.1 Å². The van der Waals surface area contributed by atoms with Gasteiger partial charge in [-0.1, -0.05) is 6.07 Å². The Bertz CT molecular complexity index is 1490. The fourth-order valence-electron chi connectivity index (χ4n) is 5.20. The average molecular weight is 610 g/mol. The van der Waals surface area contributed by atoms with E-state index in [1.165, 1.54) is 16.0 Å². The van der Waals surface area contributed by atoms with Crippen LogP contribution in [0, 0.1) is 0 Å². The lowest BCUT2D eigenvalue weighted by atomic mass is 10.1. The predicted molar refractivity (Wildman–Crippen MR) is 154 cm³/mol. The summed E-state index contributed by atoms with van der Waals surface area (Å²) in [5.74, 6) is 0.632. The maximum atomic E-state index is 14.3. The molecule has 0 aliphatic carbocycles. The van der Waals surface area contributed by atoms with Gasteiger partial charge in [-0.25, -0.2) is 26.5 Å². The number of halogens is 2. The van der Waals surface area contributed by atoms with Crippen molar-refractivity contribution in [3.63, 3.8) is 0 Å². The first-order chi connectivity index (χ1) is 20.1. The fraction of sp³-hybridized carbons (Fsp3) is 0.615. The maximum absolute atomic E-state index is 14.3. The summed E-state index contributed by atoms with van der Waals surface area (Å²) in [6.07, 6.45) is -1.76. The summed E-state index contributed by atoms with van der Waals surface area (Å²) in [7, 11) is 3.37. The molecule has 16 heteroatoms. The number of piperidine rings is 1. The van der Waals surface area contributed by atoms with E-state index in [4.69, 9.17) is 14.5 Å². The van der Waals surface area contributed by atoms with Gasteiger partial charge in [0.1, 0.15) is 11.3 Å². The second-order valence-corrected chi connectivity index (χ2v) is 12.8. The van der Waals surface area contributed by atoms with Crippen molar-refractivity contribution in [2.45, 2.75) is 25.3 Å². The summed E-state index contributed by atoms with van der Waals surface area (Å²) in [5.41, 5.74) is 0.669. The maximum Gasteiger partial charge on any atom is 0.296 e. The van der Waals surface area contributed by atoms with Crippen molar-refractivity contribution in [1.82, 2.24) is 33.7 Å². The molecule has 2 aliphatic rings. The topological polar surface area (TPSA) is 122 Å². The summed E-state index contributed by atoms with van der Waals surface area (Å²) in [6, 6.07) is 4.87. The second-order valence-electron chi connectivity index (χ2n) is 10.6. The summed E-state index contributed by atoms with van der Waals surface area (Å²) in [4.78, 5) is 24.0. The molecule has 0 bridgehead atoms. The van der Waals surface area contributed by atoms with Gasteiger partial charge in [-0.3, -0.25) is 4.57 Å². The van der Waals surface area contributed by atoms with Crippen LogP contribution in [0.3, 0.4) is 0 Å². The van der Waals surface area contributed by atoms with Crippen LogP contribution in [0.15, 0.2) is 18.2 Å². The average Bonchev–Trinajstić information content (AvgIpc) is 3.40. The number of morpholine rings is 1. The summed E-state index contributed by atoms with van der Waals surface area (Å²) in [5, 5.41) is 0. The number of sulfonamides is 1. The van der Waals surface area contributed by atoms with Crippen LogP contribution in [-0.2, 0) is 14.8 Å². The van der Waals surface area contributed by atoms with Crippen molar-refractivity contribution in [3.05, 3.63) is 24.0 Å². The molecule has 0 unspecified atom stereocenters. The molecule has 0 spiro atoms. The molecular weight excluding hydrogens is 572 g/mol. The van der Waals surface area contributed by atoms with E-state index in [9.17, 15) is 17.2 Å². The Morgan fingerprint density at radius 2 is 1.60 bits per heavy atom. The van der Waals surface area contributed by atoms with Crippen LogP contribution in [0.25, 0.3) is 17.0 Å². The lowest BCUT2D eigenvalue weighted by molar-refractivity contribution is 0.122. The Hall–Kier alpha value is -3.21. The van der Waals surface area contributed by atoms with E-state index in [-0.39, 0.29) is 23.3 Å². The standard InChI is InChI=1S/C26H37F2N9O4S/c1-33(2)14-17-42(38,39)34(3)18-8-10-35(11-9-18)24-30-25(36-12-15-41-16-13-36)32-26(31-24)37-19-6-5-7-20(40-4)21(19)29-23(37)22(27)28/h5-7,18,22H,8-17H2,1-4H3. The number of alkyl halides is 2. The molecule has 2 aliphatic heterocycles. The Labute approximate surface area is 244 Å². The largest absolute Gasteiger partial charge is 0.494 e. The smallest absolute Gasteiger partial charge is 0.296 e. The van der Waals surface area contributed by atoms with Gasteiger partial charge in [0.15, 0.2) is 5.82 Å². The molecule has 0 radical (unpaired) electrons. The van der Waals surface area contributed by atoms with Crippen molar-refractivity contribution in [1.29, 1.82) is 0 Å². The zero-order valence-corrected chi connectivity index (χ0v) is 25.1. The molecule has 2 aromatic heterocycles. The molecule has 2 saturated heterocycles. The number of ether oxygens (including phenoxy) is 2. The highest BCUT2D eigenvalue weighted by atomic mass is 32.2. The number of aromatic nitrogens is 5. The van der Waals surface area contributed by atoms with Gasteiger partial charge in [0, 0.05) is 45.8 Å². The van der Waals surface area contributed by atoms with Gasteiger partial charge in [0.2, 0.25) is 27.9 Å². The molecule has 3 aromatic rings. The quantitative estimate of drug-likeness (QED) is 0.334. The van der Waals surface area contributed by atoms with E-state index >= 15 is 0 Å². The number of fused-ring (bicyclic) bond motifs is 1. The molecule has 42 heavy (non-hydrogen) atoms. The van der Waals surface area contributed by atoms with Crippen LogP contribution in [0.1, 0.15) is 25.1 Å². The molecule has 2 fully saturated rings. The minimum absolute atomic E-state index is 0.0260. The van der Waals surface area contributed by atoms with Crippen molar-refractivity contribution in [2.24, 2.45) is 0 Å². The Morgan fingerprint density at radius 3 is 2.19 bits per heavy atom. The second kappa shape index (κ2) is 12.6. The lowest BCUT2D eigenvalue weighted by Crippen LogP contribution is -2.47. The van der Waals surface area contributed by atoms with Crippen molar-refractivity contribution >= 4 is 33.0 Å². The first kappa shape index (κ1) is 30.3. The molecule has 0 amide bonds. The lowest BCUT2D eigenvalue weighted by Gasteiger charge is -2.36. The zero-order chi connectivity index (χ0) is 30.0. The molecular formula is C26H37F2N9O4S. The van der Waals surface area contributed by atoms with E-state index in [1.807, 2.05) is 28.8 Å². The molecule has 230 valence electrons. The third kappa shape index (κ3) is 6.26. The number of methoxy groups -OCH3 is 1. The molecule has 0 N–H and O–H groups in total. The number of rotatable bonds is 10. The van der Waals surface area contributed by atoms with E-state index in [0.717, 1.165) is 0 Å². The summed E-state index contributed by atoms with van der Waals surface area (Å²) in [6.45, 7) is 3.49. The minimum Gasteiger partial charge on any atom is -0.494 e. The number of anilines is 2. The molecule has 0 atom stereocenters. The van der Waals surface area contributed by atoms with Crippen LogP contribution in [-0.4, -0.2) is 128 Å². The van der Waals surface area contributed by atoms with Gasteiger partial charge in [0.05, 0.1) is 31.6 Å². The van der Waals surface area contributed by atoms with Crippen molar-refractivity contribution in [2.75, 3.05) is 89.7 Å². The van der Waals surface area contributed by atoms with Crippen LogP contribution in [0.5, 0.6) is 5.75 Å². The molecule has 13 nitrogen and oxygen atoms in total. The number of hydrogen-bond acceptors (Lipinski definition) is 11. The highest BCUT2D eigenvalue weighted by molar-refractivity contribution is 7.89. The van der Waals surface area contributed by atoms with Crippen LogP contribution < -0.4 is 14.5 Å². The Morgan fingerprint density at radius 1 is 0.976 bits per heavy atom. The Balaban J connectivity index is 1.49. The van der Waals surface area contributed by atoms with E-state index in [1.54, 1.807) is 25.2 Å². The van der Waals surface area contributed by atoms with Gasteiger partial charge in [-0.2, -0.15) is 15.0 Å². The van der Waals surface area contributed by atoms with E-state index < -0.39 is 22.3 Å². The molecule has 0 saturated carbocycles. The number of hydrogen-bond donors (Lipinski definition) is 0. The SMILES string of the molecule is COc1cccc2c1nc(C(F)F)n2-c1nc(N2CCOCC2)nc(N2CCC(N(C)S(=O)(=O)CCN(C)C)CC2)n1. The molecule has 1 aromatic carbocycles. The fourth-order valence-corrected chi connectivity index (χ4v) is 6.75. The van der Waals surface area contributed by atoms with E-state index in [2.05, 4.69) is 15.0 Å². The van der Waals surface area contributed by atoms with Crippen molar-refractivity contribution < 1.29 is 26.7 Å². The number of benzene rings is 1. The first-order valence-corrected chi connectivity index (χ1v) is 15.5. The van der Waals surface area contributed by atoms with Crippen LogP contribution >= 0.6 is 0 Å². The van der Waals surface area contributed by atoms with Crippen molar-refractivity contribution in [3.8, 4) is 11.7 Å². The van der Waals surface area contributed by atoms with E-state index in [0.29, 0.717) is 81.9 Å². The molecule has 5 rings (SSSR count). The summed E-state index contributed by atoms with van der Waals surface area (Å²) < 4.78 is 68.0. The van der Waals surface area contributed by atoms with Crippen LogP contribution in [0.2, 0.25) is 0 Å². The molecule has 4 heterocycles. The van der Waals surface area contributed by atoms with Crippen LogP contribution in [0.4, 0.5) is 20.7 Å². The third-order valence-corrected chi connectivity index (χ3v) is 9.55. The number of para-hydroxylation sites is 1. The third-order valence-electron chi connectivity index (χ3n) is 7.68. The zero-order valence-electron chi connectivity index (χ0n) is 24.3. The van der Waals surface area contributed by atoms with Gasteiger partial charge < -0.3 is 24.2 Å². The highest BCUT2D eigenvalue weighted by Crippen LogP contribution is 2.33. The van der Waals surface area contributed by atoms with Gasteiger partial charge in [0.25, 0.3) is 6.43 Å². The van der Waals surface area contributed by atoms with Gasteiger partial charge >= 0.3 is 0 Å². The number of imidazole rings is 1. The van der Waals surface area contributed by atoms with Gasteiger partial charge in [-0.15, -0.1) is 0 Å².